The number of fused-ring (bicyclic) bond motifs is 2. The maximum Gasteiger partial charge on any atom is 0.248 e. The highest BCUT2D eigenvalue weighted by Gasteiger charge is 2.18. The summed E-state index contributed by atoms with van der Waals surface area (Å²) in [5.74, 6) is -0.382. The SMILES string of the molecule is NC(=O)c1ccc2c(c1)C=CCN2c1ccc2c(c1)CCCC2. The molecule has 1 amide bonds. The molecular formula is C20H20N2O. The van der Waals surface area contributed by atoms with Crippen LogP contribution in [0.3, 0.4) is 0 Å². The number of carbonyl (C=O) groups is 1. The third-order valence-electron chi connectivity index (χ3n) is 4.83. The van der Waals surface area contributed by atoms with E-state index in [4.69, 9.17) is 5.73 Å². The van der Waals surface area contributed by atoms with Crippen LogP contribution in [0.25, 0.3) is 6.08 Å². The predicted molar refractivity (Wildman–Crippen MR) is 94.1 cm³/mol. The lowest BCUT2D eigenvalue weighted by Crippen LogP contribution is -2.21. The summed E-state index contributed by atoms with van der Waals surface area (Å²) in [6.45, 7) is 0.849. The molecule has 4 rings (SSSR count). The van der Waals surface area contributed by atoms with Gasteiger partial charge in [-0.15, -0.1) is 0 Å². The summed E-state index contributed by atoms with van der Waals surface area (Å²) in [6.07, 6.45) is 9.17. The van der Waals surface area contributed by atoms with Crippen LogP contribution in [0, 0.1) is 0 Å². The zero-order valence-electron chi connectivity index (χ0n) is 13.1. The van der Waals surface area contributed by atoms with Crippen molar-refractivity contribution in [1.29, 1.82) is 0 Å². The van der Waals surface area contributed by atoms with Crippen LogP contribution in [-0.2, 0) is 12.8 Å². The van der Waals surface area contributed by atoms with Gasteiger partial charge in [-0.2, -0.15) is 0 Å². The van der Waals surface area contributed by atoms with E-state index in [1.165, 1.54) is 42.5 Å². The summed E-state index contributed by atoms with van der Waals surface area (Å²) in [6, 6.07) is 12.5. The van der Waals surface area contributed by atoms with Gasteiger partial charge in [0.1, 0.15) is 0 Å². The Labute approximate surface area is 136 Å². The fourth-order valence-corrected chi connectivity index (χ4v) is 3.60. The second kappa shape index (κ2) is 5.58. The Balaban J connectivity index is 1.74. The number of hydrogen-bond donors (Lipinski definition) is 1. The van der Waals surface area contributed by atoms with Gasteiger partial charge in [-0.3, -0.25) is 4.79 Å². The number of benzene rings is 2. The zero-order chi connectivity index (χ0) is 15.8. The molecule has 0 saturated heterocycles. The first-order valence-corrected chi connectivity index (χ1v) is 8.22. The van der Waals surface area contributed by atoms with E-state index in [1.54, 1.807) is 0 Å². The lowest BCUT2D eigenvalue weighted by molar-refractivity contribution is 0.100. The van der Waals surface area contributed by atoms with Gasteiger partial charge >= 0.3 is 0 Å². The molecule has 0 bridgehead atoms. The predicted octanol–water partition coefficient (Wildman–Crippen LogP) is 3.83. The highest BCUT2D eigenvalue weighted by Crippen LogP contribution is 2.35. The van der Waals surface area contributed by atoms with E-state index in [0.29, 0.717) is 5.56 Å². The molecule has 0 unspecified atom stereocenters. The fourth-order valence-electron chi connectivity index (χ4n) is 3.60. The first-order valence-electron chi connectivity index (χ1n) is 8.22. The highest BCUT2D eigenvalue weighted by atomic mass is 16.1. The largest absolute Gasteiger partial charge is 0.366 e. The van der Waals surface area contributed by atoms with Crippen molar-refractivity contribution in [2.24, 2.45) is 5.73 Å². The number of primary amides is 1. The lowest BCUT2D eigenvalue weighted by atomic mass is 9.91. The third-order valence-corrected chi connectivity index (χ3v) is 4.83. The van der Waals surface area contributed by atoms with E-state index in [9.17, 15) is 4.79 Å². The van der Waals surface area contributed by atoms with Gasteiger partial charge in [0.2, 0.25) is 5.91 Å². The van der Waals surface area contributed by atoms with Crippen LogP contribution >= 0.6 is 0 Å². The van der Waals surface area contributed by atoms with Crippen LogP contribution in [0.4, 0.5) is 11.4 Å². The molecule has 2 aromatic carbocycles. The monoisotopic (exact) mass is 304 g/mol. The maximum atomic E-state index is 11.4. The van der Waals surface area contributed by atoms with Crippen LogP contribution < -0.4 is 10.6 Å². The van der Waals surface area contributed by atoms with E-state index in [-0.39, 0.29) is 5.91 Å². The van der Waals surface area contributed by atoms with Crippen LogP contribution in [0.1, 0.15) is 39.9 Å². The molecule has 3 heteroatoms. The van der Waals surface area contributed by atoms with E-state index >= 15 is 0 Å². The molecule has 0 spiro atoms. The summed E-state index contributed by atoms with van der Waals surface area (Å²) in [7, 11) is 0. The van der Waals surface area contributed by atoms with Crippen LogP contribution in [0.5, 0.6) is 0 Å². The Kier molecular flexibility index (Phi) is 3.41. The molecule has 3 nitrogen and oxygen atoms in total. The normalized spacial score (nSPS) is 15.9. The van der Waals surface area contributed by atoms with Gasteiger partial charge in [-0.1, -0.05) is 18.2 Å². The van der Waals surface area contributed by atoms with Gasteiger partial charge < -0.3 is 10.6 Å². The second-order valence-corrected chi connectivity index (χ2v) is 6.31. The zero-order valence-corrected chi connectivity index (χ0v) is 13.1. The van der Waals surface area contributed by atoms with Crippen molar-refractivity contribution in [1.82, 2.24) is 0 Å². The molecule has 1 aliphatic carbocycles. The Morgan fingerprint density at radius 1 is 1.00 bits per heavy atom. The molecule has 2 aliphatic rings. The molecule has 1 aliphatic heterocycles. The molecule has 2 aromatic rings. The van der Waals surface area contributed by atoms with Crippen molar-refractivity contribution < 1.29 is 4.79 Å². The molecule has 0 atom stereocenters. The van der Waals surface area contributed by atoms with Gasteiger partial charge in [0.15, 0.2) is 0 Å². The van der Waals surface area contributed by atoms with E-state index in [1.807, 2.05) is 18.2 Å². The van der Waals surface area contributed by atoms with Gasteiger partial charge in [-0.05, 0) is 72.7 Å². The Morgan fingerprint density at radius 2 is 1.83 bits per heavy atom. The molecule has 0 fully saturated rings. The second-order valence-electron chi connectivity index (χ2n) is 6.31. The van der Waals surface area contributed by atoms with Gasteiger partial charge in [-0.25, -0.2) is 0 Å². The average molecular weight is 304 g/mol. The first kappa shape index (κ1) is 14.1. The van der Waals surface area contributed by atoms with Crippen LogP contribution in [0.2, 0.25) is 0 Å². The number of aryl methyl sites for hydroxylation is 2. The van der Waals surface area contributed by atoms with Gasteiger partial charge in [0, 0.05) is 23.5 Å². The smallest absolute Gasteiger partial charge is 0.248 e. The van der Waals surface area contributed by atoms with Gasteiger partial charge in [0.25, 0.3) is 0 Å². The van der Waals surface area contributed by atoms with Crippen LogP contribution in [-0.4, -0.2) is 12.5 Å². The quantitative estimate of drug-likeness (QED) is 0.916. The third kappa shape index (κ3) is 2.52. The number of anilines is 2. The number of hydrogen-bond acceptors (Lipinski definition) is 2. The molecule has 116 valence electrons. The number of nitrogens with zero attached hydrogens (tertiary/aromatic N) is 1. The molecule has 23 heavy (non-hydrogen) atoms. The molecule has 1 heterocycles. The Bertz CT molecular complexity index is 807. The first-order chi connectivity index (χ1) is 11.2. The molecule has 2 N–H and O–H groups in total. The molecule has 0 saturated carbocycles. The fraction of sp³-hybridized carbons (Fsp3) is 0.250. The summed E-state index contributed by atoms with van der Waals surface area (Å²) < 4.78 is 0. The molecule has 0 radical (unpaired) electrons. The number of amides is 1. The number of rotatable bonds is 2. The lowest BCUT2D eigenvalue weighted by Gasteiger charge is -2.30. The standard InChI is InChI=1S/C20H20N2O/c21-20(23)17-8-10-19-16(12-17)6-3-11-22(19)18-9-7-14-4-1-2-5-15(14)13-18/h3,6-10,12-13H,1-2,4-5,11H2,(H2,21,23). The molecular weight excluding hydrogens is 284 g/mol. The molecule has 0 aromatic heterocycles. The number of carbonyl (C=O) groups excluding carboxylic acids is 1. The van der Waals surface area contributed by atoms with Crippen molar-refractivity contribution in [2.45, 2.75) is 25.7 Å². The van der Waals surface area contributed by atoms with E-state index < -0.39 is 0 Å². The number of nitrogens with two attached hydrogens (primary N) is 1. The van der Waals surface area contributed by atoms with Crippen molar-refractivity contribution in [2.75, 3.05) is 11.4 Å². The summed E-state index contributed by atoms with van der Waals surface area (Å²) in [5.41, 5.74) is 12.3. The Hall–Kier alpha value is -2.55. The van der Waals surface area contributed by atoms with E-state index in [0.717, 1.165) is 17.8 Å². The minimum Gasteiger partial charge on any atom is -0.366 e. The topological polar surface area (TPSA) is 46.3 Å². The minimum absolute atomic E-state index is 0.382. The van der Waals surface area contributed by atoms with Crippen molar-refractivity contribution in [3.63, 3.8) is 0 Å². The summed E-state index contributed by atoms with van der Waals surface area (Å²) in [5, 5.41) is 0. The van der Waals surface area contributed by atoms with E-state index in [2.05, 4.69) is 35.3 Å². The maximum absolute atomic E-state index is 11.4. The minimum atomic E-state index is -0.382. The highest BCUT2D eigenvalue weighted by molar-refractivity contribution is 5.95. The average Bonchev–Trinajstić information content (AvgIpc) is 2.60. The van der Waals surface area contributed by atoms with Crippen molar-refractivity contribution in [3.05, 3.63) is 64.7 Å². The van der Waals surface area contributed by atoms with Crippen molar-refractivity contribution >= 4 is 23.4 Å². The van der Waals surface area contributed by atoms with Gasteiger partial charge in [0.05, 0.1) is 0 Å². The summed E-state index contributed by atoms with van der Waals surface area (Å²) in [4.78, 5) is 13.7. The van der Waals surface area contributed by atoms with Crippen molar-refractivity contribution in [3.8, 4) is 0 Å². The summed E-state index contributed by atoms with van der Waals surface area (Å²) >= 11 is 0. The Morgan fingerprint density at radius 3 is 2.65 bits per heavy atom. The van der Waals surface area contributed by atoms with Crippen LogP contribution in [0.15, 0.2) is 42.5 Å².